The fraction of sp³-hybridized carbons (Fsp3) is 0.476. The van der Waals surface area contributed by atoms with Crippen LogP contribution in [0.5, 0.6) is 0 Å². The van der Waals surface area contributed by atoms with E-state index in [0.717, 1.165) is 25.6 Å². The van der Waals surface area contributed by atoms with E-state index in [-0.39, 0.29) is 0 Å². The summed E-state index contributed by atoms with van der Waals surface area (Å²) in [5.74, 6) is 0.759. The second-order valence-corrected chi connectivity index (χ2v) is 7.20. The number of rotatable bonds is 8. The van der Waals surface area contributed by atoms with E-state index in [1.807, 2.05) is 18.5 Å². The summed E-state index contributed by atoms with van der Waals surface area (Å²) in [6, 6.07) is 13.0. The van der Waals surface area contributed by atoms with Gasteiger partial charge in [-0.3, -0.25) is 9.88 Å². The van der Waals surface area contributed by atoms with Gasteiger partial charge in [-0.15, -0.1) is 0 Å². The van der Waals surface area contributed by atoms with Crippen molar-refractivity contribution in [2.75, 3.05) is 33.8 Å². The molecule has 1 unspecified atom stereocenters. The molecule has 25 heavy (non-hydrogen) atoms. The third kappa shape index (κ3) is 5.63. The zero-order valence-electron chi connectivity index (χ0n) is 15.4. The maximum absolute atomic E-state index is 5.18. The van der Waals surface area contributed by atoms with Crippen LogP contribution < -0.4 is 0 Å². The lowest BCUT2D eigenvalue weighted by atomic mass is 10.1. The number of methoxy groups -OCH3 is 1. The maximum atomic E-state index is 5.18. The molecule has 1 aromatic heterocycles. The average Bonchev–Trinajstić information content (AvgIpc) is 3.04. The molecule has 4 nitrogen and oxygen atoms in total. The zero-order chi connectivity index (χ0) is 17.5. The van der Waals surface area contributed by atoms with E-state index >= 15 is 0 Å². The minimum atomic E-state index is 0.690. The van der Waals surface area contributed by atoms with Gasteiger partial charge in [0.1, 0.15) is 0 Å². The number of nitrogens with zero attached hydrogens (tertiary/aromatic N) is 3. The highest BCUT2D eigenvalue weighted by Crippen LogP contribution is 2.20. The van der Waals surface area contributed by atoms with Gasteiger partial charge in [0, 0.05) is 45.7 Å². The molecule has 1 aliphatic rings. The summed E-state index contributed by atoms with van der Waals surface area (Å²) in [6.45, 7) is 6.26. The lowest BCUT2D eigenvalue weighted by Crippen LogP contribution is -2.28. The minimum Gasteiger partial charge on any atom is -0.380 e. The van der Waals surface area contributed by atoms with Gasteiger partial charge in [-0.1, -0.05) is 30.3 Å². The van der Waals surface area contributed by atoms with E-state index in [9.17, 15) is 0 Å². The van der Waals surface area contributed by atoms with Crippen LogP contribution in [-0.2, 0) is 24.4 Å². The van der Waals surface area contributed by atoms with Crippen molar-refractivity contribution in [3.05, 3.63) is 65.5 Å². The smallest absolute Gasteiger partial charge is 0.0713 e. The van der Waals surface area contributed by atoms with Crippen molar-refractivity contribution in [1.29, 1.82) is 0 Å². The van der Waals surface area contributed by atoms with Crippen LogP contribution in [0.15, 0.2) is 48.8 Å². The number of benzene rings is 1. The van der Waals surface area contributed by atoms with Crippen LogP contribution in [0.25, 0.3) is 0 Å². The Morgan fingerprint density at radius 1 is 1.16 bits per heavy atom. The Bertz CT molecular complexity index is 629. The van der Waals surface area contributed by atoms with Crippen LogP contribution in [-0.4, -0.2) is 48.6 Å². The van der Waals surface area contributed by atoms with Crippen LogP contribution >= 0.6 is 0 Å². The Labute approximate surface area is 151 Å². The van der Waals surface area contributed by atoms with Crippen LogP contribution in [0.2, 0.25) is 0 Å². The maximum Gasteiger partial charge on any atom is 0.0713 e. The van der Waals surface area contributed by atoms with E-state index in [2.05, 4.69) is 52.2 Å². The first kappa shape index (κ1) is 18.1. The molecule has 1 aliphatic heterocycles. The summed E-state index contributed by atoms with van der Waals surface area (Å²) in [5.41, 5.74) is 3.92. The van der Waals surface area contributed by atoms with Crippen molar-refractivity contribution < 1.29 is 4.74 Å². The van der Waals surface area contributed by atoms with Gasteiger partial charge in [-0.25, -0.2) is 0 Å². The predicted octanol–water partition coefficient (Wildman–Crippen LogP) is 3.18. The number of aromatic nitrogens is 1. The van der Waals surface area contributed by atoms with Gasteiger partial charge < -0.3 is 9.64 Å². The van der Waals surface area contributed by atoms with Gasteiger partial charge in [0.25, 0.3) is 0 Å². The molecule has 0 aliphatic carbocycles. The minimum absolute atomic E-state index is 0.690. The van der Waals surface area contributed by atoms with Crippen molar-refractivity contribution in [2.45, 2.75) is 26.1 Å². The zero-order valence-corrected chi connectivity index (χ0v) is 15.4. The third-order valence-corrected chi connectivity index (χ3v) is 4.86. The van der Waals surface area contributed by atoms with Crippen molar-refractivity contribution in [3.8, 4) is 0 Å². The quantitative estimate of drug-likeness (QED) is 0.738. The number of hydrogen-bond acceptors (Lipinski definition) is 4. The topological polar surface area (TPSA) is 28.6 Å². The summed E-state index contributed by atoms with van der Waals surface area (Å²) in [7, 11) is 3.95. The molecule has 1 atom stereocenters. The monoisotopic (exact) mass is 339 g/mol. The van der Waals surface area contributed by atoms with Gasteiger partial charge in [0.15, 0.2) is 0 Å². The van der Waals surface area contributed by atoms with Crippen LogP contribution in [0, 0.1) is 5.92 Å². The fourth-order valence-corrected chi connectivity index (χ4v) is 3.68. The highest BCUT2D eigenvalue weighted by molar-refractivity contribution is 5.22. The lowest BCUT2D eigenvalue weighted by Gasteiger charge is -2.21. The van der Waals surface area contributed by atoms with E-state index < -0.39 is 0 Å². The standard InChI is InChI=1S/C21H29N3O/c1-23(13-20-4-3-10-22-12-20)14-21-9-11-24(16-21)15-18-5-7-19(8-6-18)17-25-2/h3-8,10,12,21H,9,11,13-17H2,1-2H3. The highest BCUT2D eigenvalue weighted by atomic mass is 16.5. The average molecular weight is 339 g/mol. The van der Waals surface area contributed by atoms with Gasteiger partial charge >= 0.3 is 0 Å². The molecule has 0 amide bonds. The van der Waals surface area contributed by atoms with E-state index in [4.69, 9.17) is 4.74 Å². The summed E-state index contributed by atoms with van der Waals surface area (Å²) < 4.78 is 5.18. The largest absolute Gasteiger partial charge is 0.380 e. The molecule has 2 heterocycles. The van der Waals surface area contributed by atoms with Gasteiger partial charge in [0.2, 0.25) is 0 Å². The molecule has 1 saturated heterocycles. The summed E-state index contributed by atoms with van der Waals surface area (Å²) in [5, 5.41) is 0. The van der Waals surface area contributed by atoms with E-state index in [1.54, 1.807) is 7.11 Å². The van der Waals surface area contributed by atoms with E-state index in [1.165, 1.54) is 36.2 Å². The SMILES string of the molecule is COCc1ccc(CN2CCC(CN(C)Cc3cccnc3)C2)cc1. The first-order chi connectivity index (χ1) is 12.2. The van der Waals surface area contributed by atoms with Gasteiger partial charge in [-0.2, -0.15) is 0 Å². The Hall–Kier alpha value is -1.75. The van der Waals surface area contributed by atoms with E-state index in [0.29, 0.717) is 6.61 Å². The summed E-state index contributed by atoms with van der Waals surface area (Å²) >= 11 is 0. The molecule has 0 radical (unpaired) electrons. The fourth-order valence-electron chi connectivity index (χ4n) is 3.68. The summed E-state index contributed by atoms with van der Waals surface area (Å²) in [6.07, 6.45) is 5.09. The molecular formula is C21H29N3O. The predicted molar refractivity (Wildman–Crippen MR) is 101 cm³/mol. The number of hydrogen-bond donors (Lipinski definition) is 0. The van der Waals surface area contributed by atoms with Crippen molar-refractivity contribution in [2.24, 2.45) is 5.92 Å². The van der Waals surface area contributed by atoms with Crippen LogP contribution in [0.1, 0.15) is 23.1 Å². The van der Waals surface area contributed by atoms with Crippen molar-refractivity contribution >= 4 is 0 Å². The highest BCUT2D eigenvalue weighted by Gasteiger charge is 2.23. The third-order valence-electron chi connectivity index (χ3n) is 4.86. The molecule has 2 aromatic rings. The Kier molecular flexibility index (Phi) is 6.56. The molecular weight excluding hydrogens is 310 g/mol. The number of likely N-dealkylation sites (tertiary alicyclic amines) is 1. The van der Waals surface area contributed by atoms with Gasteiger partial charge in [0.05, 0.1) is 6.61 Å². The molecule has 3 rings (SSSR count). The normalized spacial score (nSPS) is 18.1. The molecule has 0 bridgehead atoms. The second-order valence-electron chi connectivity index (χ2n) is 7.20. The van der Waals surface area contributed by atoms with Crippen molar-refractivity contribution in [1.82, 2.24) is 14.8 Å². The molecule has 0 spiro atoms. The Morgan fingerprint density at radius 3 is 2.68 bits per heavy atom. The Morgan fingerprint density at radius 2 is 1.96 bits per heavy atom. The Balaban J connectivity index is 1.43. The first-order valence-corrected chi connectivity index (χ1v) is 9.09. The number of pyridine rings is 1. The van der Waals surface area contributed by atoms with Crippen LogP contribution in [0.3, 0.4) is 0 Å². The van der Waals surface area contributed by atoms with Crippen molar-refractivity contribution in [3.63, 3.8) is 0 Å². The molecule has 134 valence electrons. The first-order valence-electron chi connectivity index (χ1n) is 9.09. The second kappa shape index (κ2) is 9.09. The molecule has 0 saturated carbocycles. The number of ether oxygens (including phenoxy) is 1. The molecule has 1 aromatic carbocycles. The van der Waals surface area contributed by atoms with Gasteiger partial charge in [-0.05, 0) is 48.7 Å². The van der Waals surface area contributed by atoms with Crippen LogP contribution in [0.4, 0.5) is 0 Å². The lowest BCUT2D eigenvalue weighted by molar-refractivity contribution is 0.185. The molecule has 4 heteroatoms. The summed E-state index contributed by atoms with van der Waals surface area (Å²) in [4.78, 5) is 9.20. The molecule has 0 N–H and O–H groups in total. The molecule has 1 fully saturated rings.